The highest BCUT2D eigenvalue weighted by molar-refractivity contribution is 5.69. The van der Waals surface area contributed by atoms with Gasteiger partial charge in [-0.25, -0.2) is 4.79 Å². The number of aromatic nitrogens is 2. The van der Waals surface area contributed by atoms with E-state index in [0.717, 1.165) is 36.2 Å². The lowest BCUT2D eigenvalue weighted by molar-refractivity contribution is -0.139. The zero-order valence-electron chi connectivity index (χ0n) is 14.3. The molecule has 1 aliphatic rings. The number of aliphatic carboxylic acids is 1. The number of hydrogen-bond donors (Lipinski definition) is 1. The molecule has 1 fully saturated rings. The molecule has 3 rings (SSSR count). The predicted octanol–water partition coefficient (Wildman–Crippen LogP) is 2.34. The van der Waals surface area contributed by atoms with Crippen molar-refractivity contribution in [2.45, 2.75) is 19.4 Å². The molecule has 26 heavy (non-hydrogen) atoms. The van der Waals surface area contributed by atoms with Crippen molar-refractivity contribution in [3.05, 3.63) is 42.4 Å². The number of nitrogens with zero attached hydrogens (tertiary/aromatic N) is 4. The van der Waals surface area contributed by atoms with Gasteiger partial charge in [0, 0.05) is 36.6 Å². The molecule has 7 nitrogen and oxygen atoms in total. The minimum Gasteiger partial charge on any atom is -0.482 e. The lowest BCUT2D eigenvalue weighted by Crippen LogP contribution is -2.34. The lowest BCUT2D eigenvalue weighted by Gasteiger charge is -2.30. The van der Waals surface area contributed by atoms with E-state index < -0.39 is 12.6 Å². The summed E-state index contributed by atoms with van der Waals surface area (Å²) in [7, 11) is 0. The molecule has 1 aromatic carbocycles. The van der Waals surface area contributed by atoms with Crippen LogP contribution in [0.3, 0.4) is 0 Å². The fourth-order valence-electron chi connectivity index (χ4n) is 3.14. The molecule has 1 N–H and O–H groups in total. The van der Waals surface area contributed by atoms with E-state index >= 15 is 0 Å². The van der Waals surface area contributed by atoms with Crippen LogP contribution in [-0.4, -0.2) is 45.6 Å². The maximum Gasteiger partial charge on any atom is 0.341 e. The highest BCUT2D eigenvalue weighted by atomic mass is 16.5. The Balaban J connectivity index is 1.85. The molecular weight excluding hydrogens is 332 g/mol. The van der Waals surface area contributed by atoms with Gasteiger partial charge >= 0.3 is 5.97 Å². The van der Waals surface area contributed by atoms with Crippen LogP contribution >= 0.6 is 0 Å². The number of carboxylic acids is 1. The zero-order chi connectivity index (χ0) is 18.4. The summed E-state index contributed by atoms with van der Waals surface area (Å²) in [6, 6.07) is 7.92. The molecule has 1 aromatic heterocycles. The highest BCUT2D eigenvalue weighted by Gasteiger charge is 2.21. The number of hydrogen-bond acceptors (Lipinski definition) is 6. The first-order chi connectivity index (χ1) is 12.7. The smallest absolute Gasteiger partial charge is 0.341 e. The van der Waals surface area contributed by atoms with Crippen molar-refractivity contribution in [2.24, 2.45) is 5.92 Å². The summed E-state index contributed by atoms with van der Waals surface area (Å²) in [6.07, 6.45) is 6.84. The molecule has 1 aliphatic heterocycles. The number of ether oxygens (including phenoxy) is 1. The summed E-state index contributed by atoms with van der Waals surface area (Å²) >= 11 is 0. The molecule has 0 spiro atoms. The molecule has 0 amide bonds. The van der Waals surface area contributed by atoms with Gasteiger partial charge in [0.2, 0.25) is 0 Å². The summed E-state index contributed by atoms with van der Waals surface area (Å²) in [5.74, 6) is -0.439. The molecule has 0 saturated carbocycles. The van der Waals surface area contributed by atoms with E-state index in [4.69, 9.17) is 9.84 Å². The molecule has 0 radical (unpaired) electrons. The third-order valence-electron chi connectivity index (χ3n) is 4.35. The maximum absolute atomic E-state index is 10.9. The SMILES string of the molecule is N#C[C@@H]1CCCN(Cc2cc(-c3cnccn3)ccc2OCC(=O)O)C1. The fourth-order valence-corrected chi connectivity index (χ4v) is 3.14. The number of benzene rings is 1. The summed E-state index contributed by atoms with van der Waals surface area (Å²) in [5, 5.41) is 18.1. The number of carboxylic acid groups (broad SMARTS) is 1. The third-order valence-corrected chi connectivity index (χ3v) is 4.35. The molecule has 1 atom stereocenters. The predicted molar refractivity (Wildman–Crippen MR) is 94.2 cm³/mol. The number of rotatable bonds is 6. The Bertz CT molecular complexity index is 804. The van der Waals surface area contributed by atoms with Crippen LogP contribution in [0.25, 0.3) is 11.3 Å². The monoisotopic (exact) mass is 352 g/mol. The molecule has 134 valence electrons. The van der Waals surface area contributed by atoms with Gasteiger partial charge in [0.25, 0.3) is 0 Å². The Labute approximate surface area is 151 Å². The summed E-state index contributed by atoms with van der Waals surface area (Å²) in [5.41, 5.74) is 2.52. The normalized spacial score (nSPS) is 17.4. The van der Waals surface area contributed by atoms with Crippen molar-refractivity contribution in [2.75, 3.05) is 19.7 Å². The van der Waals surface area contributed by atoms with Crippen molar-refractivity contribution >= 4 is 5.97 Å². The maximum atomic E-state index is 10.9. The zero-order valence-corrected chi connectivity index (χ0v) is 14.3. The number of carbonyl (C=O) groups is 1. The standard InChI is InChI=1S/C19H20N4O3/c20-9-14-2-1-7-23(11-14)12-16-8-15(17-10-21-5-6-22-17)3-4-18(16)26-13-19(24)25/h3-6,8,10,14H,1-2,7,11-13H2,(H,24,25)/t14-/m0/s1. The average Bonchev–Trinajstić information content (AvgIpc) is 2.67. The van der Waals surface area contributed by atoms with Crippen LogP contribution in [0.15, 0.2) is 36.8 Å². The Morgan fingerprint density at radius 1 is 1.42 bits per heavy atom. The number of likely N-dealkylation sites (tertiary alicyclic amines) is 1. The van der Waals surface area contributed by atoms with Gasteiger partial charge in [-0.2, -0.15) is 5.26 Å². The number of piperidine rings is 1. The largest absolute Gasteiger partial charge is 0.482 e. The van der Waals surface area contributed by atoms with Crippen LogP contribution in [0.4, 0.5) is 0 Å². The summed E-state index contributed by atoms with van der Waals surface area (Å²) in [4.78, 5) is 21.5. The van der Waals surface area contributed by atoms with Crippen molar-refractivity contribution in [1.82, 2.24) is 14.9 Å². The van der Waals surface area contributed by atoms with E-state index in [9.17, 15) is 10.1 Å². The van der Waals surface area contributed by atoms with Gasteiger partial charge in [-0.3, -0.25) is 14.9 Å². The second-order valence-corrected chi connectivity index (χ2v) is 6.30. The Morgan fingerprint density at radius 3 is 3.04 bits per heavy atom. The van der Waals surface area contributed by atoms with Gasteiger partial charge in [-0.1, -0.05) is 0 Å². The summed E-state index contributed by atoms with van der Waals surface area (Å²) in [6.45, 7) is 1.83. The molecule has 0 unspecified atom stereocenters. The number of nitriles is 1. The van der Waals surface area contributed by atoms with Crippen LogP contribution in [0.1, 0.15) is 18.4 Å². The van der Waals surface area contributed by atoms with Crippen molar-refractivity contribution < 1.29 is 14.6 Å². The van der Waals surface area contributed by atoms with Crippen molar-refractivity contribution in [1.29, 1.82) is 5.26 Å². The molecule has 0 aliphatic carbocycles. The first kappa shape index (κ1) is 17.8. The van der Waals surface area contributed by atoms with Crippen molar-refractivity contribution in [3.63, 3.8) is 0 Å². The second-order valence-electron chi connectivity index (χ2n) is 6.30. The highest BCUT2D eigenvalue weighted by Crippen LogP contribution is 2.28. The first-order valence-corrected chi connectivity index (χ1v) is 8.51. The van der Waals surface area contributed by atoms with Crippen LogP contribution in [-0.2, 0) is 11.3 Å². The third kappa shape index (κ3) is 4.55. The Kier molecular flexibility index (Phi) is 5.77. The van der Waals surface area contributed by atoms with E-state index in [1.54, 1.807) is 24.7 Å². The van der Waals surface area contributed by atoms with E-state index in [1.165, 1.54) is 0 Å². The quantitative estimate of drug-likeness (QED) is 0.852. The van der Waals surface area contributed by atoms with Gasteiger partial charge < -0.3 is 9.84 Å². The topological polar surface area (TPSA) is 99.3 Å². The Morgan fingerprint density at radius 2 is 2.31 bits per heavy atom. The minimum absolute atomic E-state index is 0.0373. The van der Waals surface area contributed by atoms with Crippen LogP contribution in [0.2, 0.25) is 0 Å². The molecule has 0 bridgehead atoms. The van der Waals surface area contributed by atoms with E-state index in [-0.39, 0.29) is 5.92 Å². The van der Waals surface area contributed by atoms with Gasteiger partial charge in [-0.15, -0.1) is 0 Å². The van der Waals surface area contributed by atoms with E-state index in [2.05, 4.69) is 20.9 Å². The lowest BCUT2D eigenvalue weighted by atomic mass is 9.98. The molecule has 2 heterocycles. The fraction of sp³-hybridized carbons (Fsp3) is 0.368. The van der Waals surface area contributed by atoms with Crippen LogP contribution in [0, 0.1) is 17.2 Å². The van der Waals surface area contributed by atoms with Gasteiger partial charge in [-0.05, 0) is 37.6 Å². The molecule has 7 heteroatoms. The van der Waals surface area contributed by atoms with Gasteiger partial charge in [0.05, 0.1) is 23.9 Å². The van der Waals surface area contributed by atoms with Crippen molar-refractivity contribution in [3.8, 4) is 23.1 Å². The Hall–Kier alpha value is -2.98. The average molecular weight is 352 g/mol. The van der Waals surface area contributed by atoms with Crippen LogP contribution in [0.5, 0.6) is 5.75 Å². The molecule has 2 aromatic rings. The van der Waals surface area contributed by atoms with E-state index in [0.29, 0.717) is 18.8 Å². The summed E-state index contributed by atoms with van der Waals surface area (Å²) < 4.78 is 5.46. The van der Waals surface area contributed by atoms with Gasteiger partial charge in [0.15, 0.2) is 6.61 Å². The minimum atomic E-state index is -1.02. The van der Waals surface area contributed by atoms with Crippen LogP contribution < -0.4 is 4.74 Å². The first-order valence-electron chi connectivity index (χ1n) is 8.51. The molecular formula is C19H20N4O3. The second kappa shape index (κ2) is 8.41. The molecule has 1 saturated heterocycles. The van der Waals surface area contributed by atoms with Gasteiger partial charge in [0.1, 0.15) is 5.75 Å². The van der Waals surface area contributed by atoms with E-state index in [1.807, 2.05) is 12.1 Å².